The molecule has 6 heteroatoms. The minimum atomic E-state index is 0.0331. The van der Waals surface area contributed by atoms with E-state index < -0.39 is 0 Å². The third kappa shape index (κ3) is 3.44. The SMILES string of the molecule is Cc1cc(-c2nc3cc(N(C)C)ccc3n2CC2CCOCC2)cn(C)c1=O. The Balaban J connectivity index is 1.87. The highest BCUT2D eigenvalue weighted by atomic mass is 16.5. The van der Waals surface area contributed by atoms with E-state index in [9.17, 15) is 4.79 Å². The van der Waals surface area contributed by atoms with Crippen LogP contribution in [-0.2, 0) is 18.3 Å². The maximum absolute atomic E-state index is 12.2. The van der Waals surface area contributed by atoms with Crippen molar-refractivity contribution in [3.8, 4) is 11.4 Å². The number of fused-ring (bicyclic) bond motifs is 1. The lowest BCUT2D eigenvalue weighted by Crippen LogP contribution is -2.21. The van der Waals surface area contributed by atoms with Crippen LogP contribution in [0.15, 0.2) is 35.3 Å². The molecule has 1 aliphatic rings. The van der Waals surface area contributed by atoms with Crippen molar-refractivity contribution in [3.05, 3.63) is 46.4 Å². The molecule has 0 radical (unpaired) electrons. The van der Waals surface area contributed by atoms with Gasteiger partial charge in [-0.05, 0) is 49.9 Å². The topological polar surface area (TPSA) is 52.3 Å². The van der Waals surface area contributed by atoms with Gasteiger partial charge < -0.3 is 18.8 Å². The average Bonchev–Trinajstić information content (AvgIpc) is 3.04. The predicted molar refractivity (Wildman–Crippen MR) is 113 cm³/mol. The molecule has 0 N–H and O–H groups in total. The molecular weight excluding hydrogens is 352 g/mol. The maximum atomic E-state index is 12.2. The minimum Gasteiger partial charge on any atom is -0.381 e. The van der Waals surface area contributed by atoms with Crippen molar-refractivity contribution in [2.24, 2.45) is 13.0 Å². The third-order valence-electron chi connectivity index (χ3n) is 5.65. The number of ether oxygens (including phenoxy) is 1. The summed E-state index contributed by atoms with van der Waals surface area (Å²) in [5.74, 6) is 1.50. The van der Waals surface area contributed by atoms with Crippen LogP contribution in [-0.4, -0.2) is 41.4 Å². The number of benzene rings is 1. The Morgan fingerprint density at radius 1 is 1.21 bits per heavy atom. The zero-order valence-corrected chi connectivity index (χ0v) is 17.1. The van der Waals surface area contributed by atoms with E-state index in [1.807, 2.05) is 33.3 Å². The van der Waals surface area contributed by atoms with Gasteiger partial charge in [-0.15, -0.1) is 0 Å². The van der Waals surface area contributed by atoms with E-state index in [4.69, 9.17) is 9.72 Å². The molecule has 0 spiro atoms. The van der Waals surface area contributed by atoms with E-state index in [1.54, 1.807) is 11.6 Å². The molecule has 1 saturated heterocycles. The van der Waals surface area contributed by atoms with E-state index in [1.165, 1.54) is 0 Å². The van der Waals surface area contributed by atoms with Gasteiger partial charge in [0.05, 0.1) is 11.0 Å². The second-order valence-corrected chi connectivity index (χ2v) is 8.00. The number of anilines is 1. The molecule has 0 saturated carbocycles. The van der Waals surface area contributed by atoms with E-state index in [-0.39, 0.29) is 5.56 Å². The lowest BCUT2D eigenvalue weighted by molar-refractivity contribution is 0.0617. The third-order valence-corrected chi connectivity index (χ3v) is 5.65. The van der Waals surface area contributed by atoms with Crippen LogP contribution in [0, 0.1) is 12.8 Å². The zero-order chi connectivity index (χ0) is 19.8. The van der Waals surface area contributed by atoms with Crippen molar-refractivity contribution in [1.29, 1.82) is 0 Å². The second-order valence-electron chi connectivity index (χ2n) is 8.00. The second kappa shape index (κ2) is 7.43. The molecular formula is C22H28N4O2. The van der Waals surface area contributed by atoms with Crippen molar-refractivity contribution in [1.82, 2.24) is 14.1 Å². The van der Waals surface area contributed by atoms with Gasteiger partial charge in [-0.3, -0.25) is 4.79 Å². The van der Waals surface area contributed by atoms with Gasteiger partial charge in [-0.25, -0.2) is 4.98 Å². The Labute approximate surface area is 165 Å². The van der Waals surface area contributed by atoms with Crippen LogP contribution in [0.5, 0.6) is 0 Å². The number of rotatable bonds is 4. The molecule has 1 fully saturated rings. The summed E-state index contributed by atoms with van der Waals surface area (Å²) in [6.45, 7) is 4.44. The largest absolute Gasteiger partial charge is 0.381 e. The summed E-state index contributed by atoms with van der Waals surface area (Å²) in [4.78, 5) is 19.2. The van der Waals surface area contributed by atoms with Crippen molar-refractivity contribution >= 4 is 16.7 Å². The first-order valence-corrected chi connectivity index (χ1v) is 9.87. The van der Waals surface area contributed by atoms with Crippen molar-refractivity contribution in [2.45, 2.75) is 26.3 Å². The van der Waals surface area contributed by atoms with Crippen molar-refractivity contribution in [3.63, 3.8) is 0 Å². The molecule has 1 aromatic carbocycles. The number of hydrogen-bond donors (Lipinski definition) is 0. The quantitative estimate of drug-likeness (QED) is 0.697. The molecule has 0 atom stereocenters. The average molecular weight is 380 g/mol. The van der Waals surface area contributed by atoms with E-state index >= 15 is 0 Å². The minimum absolute atomic E-state index is 0.0331. The lowest BCUT2D eigenvalue weighted by Gasteiger charge is -2.23. The highest BCUT2D eigenvalue weighted by molar-refractivity contribution is 5.84. The van der Waals surface area contributed by atoms with E-state index in [0.29, 0.717) is 5.92 Å². The summed E-state index contributed by atoms with van der Waals surface area (Å²) in [6, 6.07) is 8.39. The van der Waals surface area contributed by atoms with E-state index in [2.05, 4.69) is 27.7 Å². The Kier molecular flexibility index (Phi) is 4.98. The molecule has 0 amide bonds. The van der Waals surface area contributed by atoms with Gasteiger partial charge >= 0.3 is 0 Å². The van der Waals surface area contributed by atoms with Crippen LogP contribution >= 0.6 is 0 Å². The smallest absolute Gasteiger partial charge is 0.253 e. The molecule has 4 rings (SSSR count). The standard InChI is InChI=1S/C22H28N4O2/c1-15-11-17(14-25(4)22(15)27)21-23-19-12-18(24(2)3)5-6-20(19)26(21)13-16-7-9-28-10-8-16/h5-6,11-12,14,16H,7-10,13H2,1-4H3. The van der Waals surface area contributed by atoms with Crippen LogP contribution in [0.2, 0.25) is 0 Å². The first-order chi connectivity index (χ1) is 13.4. The molecule has 0 aliphatic carbocycles. The van der Waals surface area contributed by atoms with Crippen LogP contribution in [0.25, 0.3) is 22.4 Å². The summed E-state index contributed by atoms with van der Waals surface area (Å²) < 4.78 is 9.51. The molecule has 148 valence electrons. The summed E-state index contributed by atoms with van der Waals surface area (Å²) >= 11 is 0. The monoisotopic (exact) mass is 380 g/mol. The van der Waals surface area contributed by atoms with Crippen LogP contribution in [0.4, 0.5) is 5.69 Å². The number of nitrogens with zero attached hydrogens (tertiary/aromatic N) is 4. The molecule has 0 unspecified atom stereocenters. The predicted octanol–water partition coefficient (Wildman–Crippen LogP) is 3.20. The molecule has 0 bridgehead atoms. The number of hydrogen-bond acceptors (Lipinski definition) is 4. The van der Waals surface area contributed by atoms with Gasteiger partial charge in [-0.2, -0.15) is 0 Å². The zero-order valence-electron chi connectivity index (χ0n) is 17.1. The Hall–Kier alpha value is -2.60. The van der Waals surface area contributed by atoms with Gasteiger partial charge in [0.2, 0.25) is 0 Å². The molecule has 3 heterocycles. The number of aryl methyl sites for hydroxylation is 2. The van der Waals surface area contributed by atoms with Gasteiger partial charge in [0.1, 0.15) is 5.82 Å². The Morgan fingerprint density at radius 2 is 1.96 bits per heavy atom. The molecule has 6 nitrogen and oxygen atoms in total. The summed E-state index contributed by atoms with van der Waals surface area (Å²) in [5, 5.41) is 0. The van der Waals surface area contributed by atoms with Crippen LogP contribution in [0.1, 0.15) is 18.4 Å². The fraction of sp³-hybridized carbons (Fsp3) is 0.455. The summed E-state index contributed by atoms with van der Waals surface area (Å²) in [7, 11) is 5.88. The highest BCUT2D eigenvalue weighted by Gasteiger charge is 2.20. The van der Waals surface area contributed by atoms with Gasteiger partial charge in [0, 0.05) is 63.9 Å². The van der Waals surface area contributed by atoms with Crippen LogP contribution < -0.4 is 10.5 Å². The first kappa shape index (κ1) is 18.7. The molecule has 3 aromatic rings. The Bertz CT molecular complexity index is 1030. The number of pyridine rings is 1. The first-order valence-electron chi connectivity index (χ1n) is 9.87. The number of aromatic nitrogens is 3. The number of imidazole rings is 1. The summed E-state index contributed by atoms with van der Waals surface area (Å²) in [6.07, 6.45) is 4.03. The van der Waals surface area contributed by atoms with Crippen LogP contribution in [0.3, 0.4) is 0 Å². The molecule has 1 aliphatic heterocycles. The van der Waals surface area contributed by atoms with Gasteiger partial charge in [0.15, 0.2) is 0 Å². The maximum Gasteiger partial charge on any atom is 0.253 e. The lowest BCUT2D eigenvalue weighted by atomic mass is 10.00. The van der Waals surface area contributed by atoms with Crippen molar-refractivity contribution in [2.75, 3.05) is 32.2 Å². The molecule has 2 aromatic heterocycles. The molecule has 28 heavy (non-hydrogen) atoms. The van der Waals surface area contributed by atoms with Gasteiger partial charge in [0.25, 0.3) is 5.56 Å². The fourth-order valence-corrected chi connectivity index (χ4v) is 3.99. The normalized spacial score (nSPS) is 15.3. The Morgan fingerprint density at radius 3 is 2.64 bits per heavy atom. The fourth-order valence-electron chi connectivity index (χ4n) is 3.99. The van der Waals surface area contributed by atoms with Gasteiger partial charge in [-0.1, -0.05) is 0 Å². The van der Waals surface area contributed by atoms with E-state index in [0.717, 1.165) is 66.3 Å². The van der Waals surface area contributed by atoms with Crippen molar-refractivity contribution < 1.29 is 4.74 Å². The summed E-state index contributed by atoms with van der Waals surface area (Å²) in [5.41, 5.74) is 5.00. The highest BCUT2D eigenvalue weighted by Crippen LogP contribution is 2.30.